The van der Waals surface area contributed by atoms with Crippen LogP contribution in [0.15, 0.2) is 12.4 Å². The van der Waals surface area contributed by atoms with Crippen molar-refractivity contribution in [2.24, 2.45) is 7.05 Å². The normalized spacial score (nSPS) is 10.6. The number of hydrogen-bond acceptors (Lipinski definition) is 1. The maximum absolute atomic E-state index is 5.77. The Bertz CT molecular complexity index is 353. The monoisotopic (exact) mass is 316 g/mol. The fourth-order valence-electron chi connectivity index (χ4n) is 2.63. The Morgan fingerprint density at radius 2 is 1.62 bits per heavy atom. The van der Waals surface area contributed by atoms with Crippen LogP contribution in [0.4, 0.5) is 0 Å². The smallest absolute Gasteiger partial charge is 0.257 e. The van der Waals surface area contributed by atoms with Crippen molar-refractivity contribution in [2.45, 2.75) is 78.4 Å². The number of rotatable bonds is 12. The topological polar surface area (TPSA) is 18.0 Å². The van der Waals surface area contributed by atoms with Crippen molar-refractivity contribution in [2.75, 3.05) is 6.61 Å². The highest BCUT2D eigenvalue weighted by atomic mass is 35.5. The summed E-state index contributed by atoms with van der Waals surface area (Å²) in [7, 11) is 2.09. The average Bonchev–Trinajstić information content (AvgIpc) is 2.81. The summed E-state index contributed by atoms with van der Waals surface area (Å²) in [6, 6.07) is 0. The first-order chi connectivity index (χ1) is 9.79. The lowest BCUT2D eigenvalue weighted by Crippen LogP contribution is -3.00. The molecule has 4 heteroatoms. The standard InChI is InChI=1S/C17H33N2O.ClH/c1-4-6-7-8-9-10-11-12-15-20-16-19-14-13-18(3)17(19)5-2;/h13-14H,4-12,15-16H2,1-3H3;1H/q+1;/p-1. The molecule has 0 spiro atoms. The molecule has 1 heterocycles. The number of halogens is 1. The van der Waals surface area contributed by atoms with E-state index < -0.39 is 0 Å². The molecule has 0 fully saturated rings. The van der Waals surface area contributed by atoms with Crippen molar-refractivity contribution in [3.05, 3.63) is 18.2 Å². The molecule has 0 radical (unpaired) electrons. The molecule has 1 rings (SSSR count). The molecule has 0 unspecified atom stereocenters. The Hall–Kier alpha value is -0.540. The zero-order valence-corrected chi connectivity index (χ0v) is 14.9. The van der Waals surface area contributed by atoms with E-state index in [1.165, 1.54) is 57.2 Å². The van der Waals surface area contributed by atoms with E-state index in [0.717, 1.165) is 13.0 Å². The molecule has 0 aliphatic carbocycles. The molecule has 124 valence electrons. The van der Waals surface area contributed by atoms with Gasteiger partial charge < -0.3 is 17.1 Å². The van der Waals surface area contributed by atoms with Crippen LogP contribution in [0.5, 0.6) is 0 Å². The van der Waals surface area contributed by atoms with Crippen LogP contribution < -0.4 is 17.0 Å². The summed E-state index contributed by atoms with van der Waals surface area (Å²) in [6.07, 6.45) is 16.1. The van der Waals surface area contributed by atoms with E-state index in [1.807, 2.05) is 0 Å². The summed E-state index contributed by atoms with van der Waals surface area (Å²) in [6.45, 7) is 6.04. The molecule has 0 aromatic carbocycles. The number of aryl methyl sites for hydroxylation is 1. The first-order valence-electron chi connectivity index (χ1n) is 8.41. The number of hydrogen-bond donors (Lipinski definition) is 0. The molecular weight excluding hydrogens is 284 g/mol. The van der Waals surface area contributed by atoms with Crippen molar-refractivity contribution in [3.63, 3.8) is 0 Å². The van der Waals surface area contributed by atoms with Crippen LogP contribution >= 0.6 is 0 Å². The highest BCUT2D eigenvalue weighted by Crippen LogP contribution is 2.08. The van der Waals surface area contributed by atoms with Crippen LogP contribution in [0, 0.1) is 0 Å². The van der Waals surface area contributed by atoms with Gasteiger partial charge in [0, 0.05) is 6.42 Å². The van der Waals surface area contributed by atoms with Crippen LogP contribution in [0.25, 0.3) is 0 Å². The van der Waals surface area contributed by atoms with Crippen molar-refractivity contribution < 1.29 is 21.7 Å². The van der Waals surface area contributed by atoms with Crippen LogP contribution in [0.1, 0.15) is 71.0 Å². The zero-order chi connectivity index (χ0) is 14.6. The molecular formula is C17H33ClN2O. The fourth-order valence-corrected chi connectivity index (χ4v) is 2.63. The summed E-state index contributed by atoms with van der Waals surface area (Å²) >= 11 is 0. The number of ether oxygens (including phenoxy) is 1. The summed E-state index contributed by atoms with van der Waals surface area (Å²) < 4.78 is 10.1. The summed E-state index contributed by atoms with van der Waals surface area (Å²) in [4.78, 5) is 0. The number of aromatic nitrogens is 2. The first kappa shape index (κ1) is 20.5. The Morgan fingerprint density at radius 3 is 2.24 bits per heavy atom. The van der Waals surface area contributed by atoms with E-state index in [2.05, 4.69) is 42.4 Å². The van der Waals surface area contributed by atoms with Gasteiger partial charge in [-0.05, 0) is 6.42 Å². The molecule has 3 nitrogen and oxygen atoms in total. The molecule has 0 aliphatic heterocycles. The molecule has 21 heavy (non-hydrogen) atoms. The van der Waals surface area contributed by atoms with E-state index in [9.17, 15) is 0 Å². The third-order valence-corrected chi connectivity index (χ3v) is 3.90. The zero-order valence-electron chi connectivity index (χ0n) is 14.1. The second-order valence-electron chi connectivity index (χ2n) is 5.66. The first-order valence-corrected chi connectivity index (χ1v) is 8.41. The largest absolute Gasteiger partial charge is 1.00 e. The minimum atomic E-state index is 0. The predicted octanol–water partition coefficient (Wildman–Crippen LogP) is 0.994. The van der Waals surface area contributed by atoms with Gasteiger partial charge in [-0.2, -0.15) is 0 Å². The highest BCUT2D eigenvalue weighted by Gasteiger charge is 2.11. The van der Waals surface area contributed by atoms with Gasteiger partial charge in [-0.1, -0.05) is 58.8 Å². The van der Waals surface area contributed by atoms with E-state index in [1.54, 1.807) is 0 Å². The van der Waals surface area contributed by atoms with Gasteiger partial charge in [0.05, 0.1) is 13.7 Å². The number of unbranched alkanes of at least 4 members (excludes halogenated alkanes) is 7. The van der Waals surface area contributed by atoms with Crippen molar-refractivity contribution in [1.82, 2.24) is 4.57 Å². The van der Waals surface area contributed by atoms with Gasteiger partial charge in [-0.25, -0.2) is 9.13 Å². The second-order valence-corrected chi connectivity index (χ2v) is 5.66. The Kier molecular flexibility index (Phi) is 12.8. The lowest BCUT2D eigenvalue weighted by molar-refractivity contribution is -0.678. The number of nitrogens with zero attached hydrogens (tertiary/aromatic N) is 2. The Balaban J connectivity index is 0.00000400. The van der Waals surface area contributed by atoms with Crippen molar-refractivity contribution in [1.29, 1.82) is 0 Å². The molecule has 1 aromatic rings. The van der Waals surface area contributed by atoms with Gasteiger partial charge in [-0.3, -0.25) is 0 Å². The molecule has 0 saturated carbocycles. The van der Waals surface area contributed by atoms with Crippen molar-refractivity contribution in [3.8, 4) is 0 Å². The molecule has 0 saturated heterocycles. The van der Waals surface area contributed by atoms with Crippen LogP contribution in [-0.4, -0.2) is 11.2 Å². The van der Waals surface area contributed by atoms with Gasteiger partial charge >= 0.3 is 0 Å². The van der Waals surface area contributed by atoms with Gasteiger partial charge in [-0.15, -0.1) is 0 Å². The summed E-state index contributed by atoms with van der Waals surface area (Å²) in [5, 5.41) is 0. The lowest BCUT2D eigenvalue weighted by atomic mass is 10.1. The fraction of sp³-hybridized carbons (Fsp3) is 0.824. The van der Waals surface area contributed by atoms with Crippen LogP contribution in [0.3, 0.4) is 0 Å². The van der Waals surface area contributed by atoms with Crippen molar-refractivity contribution >= 4 is 0 Å². The van der Waals surface area contributed by atoms with Gasteiger partial charge in [0.15, 0.2) is 6.73 Å². The molecule has 0 aliphatic rings. The Labute approximate surface area is 137 Å². The number of imidazole rings is 1. The lowest BCUT2D eigenvalue weighted by Gasteiger charge is -2.04. The maximum Gasteiger partial charge on any atom is 0.257 e. The minimum absolute atomic E-state index is 0. The average molecular weight is 317 g/mol. The van der Waals surface area contributed by atoms with Crippen LogP contribution in [0.2, 0.25) is 0 Å². The maximum atomic E-state index is 5.77. The van der Waals surface area contributed by atoms with E-state index in [0.29, 0.717) is 6.73 Å². The highest BCUT2D eigenvalue weighted by molar-refractivity contribution is 4.81. The molecule has 0 atom stereocenters. The van der Waals surface area contributed by atoms with Gasteiger partial charge in [0.25, 0.3) is 5.82 Å². The van der Waals surface area contributed by atoms with Crippen LogP contribution in [-0.2, 0) is 24.9 Å². The van der Waals surface area contributed by atoms with E-state index >= 15 is 0 Å². The molecule has 0 bridgehead atoms. The quantitative estimate of drug-likeness (QED) is 0.415. The van der Waals surface area contributed by atoms with E-state index in [-0.39, 0.29) is 12.4 Å². The predicted molar refractivity (Wildman–Crippen MR) is 83.5 cm³/mol. The molecule has 0 N–H and O–H groups in total. The Morgan fingerprint density at radius 1 is 1.00 bits per heavy atom. The minimum Gasteiger partial charge on any atom is -1.00 e. The van der Waals surface area contributed by atoms with E-state index in [4.69, 9.17) is 4.74 Å². The van der Waals surface area contributed by atoms with Gasteiger partial charge in [0.2, 0.25) is 0 Å². The second kappa shape index (κ2) is 13.1. The SMILES string of the molecule is CCCCCCCCCCOCn1cc[n+](C)c1CC.[Cl-]. The third-order valence-electron chi connectivity index (χ3n) is 3.90. The molecule has 1 aromatic heterocycles. The molecule has 0 amide bonds. The van der Waals surface area contributed by atoms with Gasteiger partial charge in [0.1, 0.15) is 12.4 Å². The summed E-state index contributed by atoms with van der Waals surface area (Å²) in [5.74, 6) is 1.32. The third kappa shape index (κ3) is 8.47. The summed E-state index contributed by atoms with van der Waals surface area (Å²) in [5.41, 5.74) is 0.